The molecule has 0 bridgehead atoms. The molecule has 0 unspecified atom stereocenters. The number of piperidine rings is 1. The predicted octanol–water partition coefficient (Wildman–Crippen LogP) is 6.42. The van der Waals surface area contributed by atoms with Crippen LogP contribution < -0.4 is 5.56 Å². The number of hydrogen-bond acceptors (Lipinski definition) is 3. The van der Waals surface area contributed by atoms with Crippen LogP contribution in [0.3, 0.4) is 0 Å². The zero-order chi connectivity index (χ0) is 23.7. The van der Waals surface area contributed by atoms with Gasteiger partial charge in [0.2, 0.25) is 0 Å². The van der Waals surface area contributed by atoms with E-state index < -0.39 is 0 Å². The van der Waals surface area contributed by atoms with E-state index in [9.17, 15) is 4.79 Å². The second kappa shape index (κ2) is 9.73. The molecule has 1 aromatic heterocycles. The molecule has 4 nitrogen and oxygen atoms in total. The molecule has 1 atom stereocenters. The highest BCUT2D eigenvalue weighted by atomic mass is 35.5. The van der Waals surface area contributed by atoms with Gasteiger partial charge in [-0.2, -0.15) is 0 Å². The largest absolute Gasteiger partial charge is 0.303 e. The molecule has 1 saturated heterocycles. The highest BCUT2D eigenvalue weighted by Crippen LogP contribution is 2.30. The van der Waals surface area contributed by atoms with Crippen molar-refractivity contribution in [3.8, 4) is 22.5 Å². The number of aromatic nitrogens is 2. The van der Waals surface area contributed by atoms with Crippen LogP contribution >= 0.6 is 11.6 Å². The summed E-state index contributed by atoms with van der Waals surface area (Å²) < 4.78 is 1.94. The van der Waals surface area contributed by atoms with E-state index in [-0.39, 0.29) is 5.56 Å². The van der Waals surface area contributed by atoms with Crippen LogP contribution in [0.5, 0.6) is 0 Å². The Morgan fingerprint density at radius 2 is 1.76 bits per heavy atom. The third kappa shape index (κ3) is 4.40. The van der Waals surface area contributed by atoms with Crippen LogP contribution in [-0.2, 0) is 6.54 Å². The van der Waals surface area contributed by atoms with E-state index in [4.69, 9.17) is 16.6 Å². The van der Waals surface area contributed by atoms with Crippen molar-refractivity contribution in [2.24, 2.45) is 5.92 Å². The fraction of sp³-hybridized carbons (Fsp3) is 0.310. The fourth-order valence-electron chi connectivity index (χ4n) is 5.18. The number of nitrogens with zero attached hydrogens (tertiary/aromatic N) is 3. The second-order valence-corrected chi connectivity index (χ2v) is 9.71. The molecule has 0 amide bonds. The molecule has 0 N–H and O–H groups in total. The van der Waals surface area contributed by atoms with Gasteiger partial charge in [-0.05, 0) is 73.7 Å². The van der Waals surface area contributed by atoms with Gasteiger partial charge in [-0.3, -0.25) is 9.36 Å². The summed E-state index contributed by atoms with van der Waals surface area (Å²) in [5.74, 6) is 1.19. The standard InChI is InChI=1S/C29H30ClN3O/c1-3-32-17-7-9-21(18-32)19-33-28(24-10-5-4-8-20(24)2)31-26-12-6-11-25(27(26)29(33)34)22-13-15-23(30)16-14-22/h4-6,8,10-16,21H,3,7,9,17-19H2,1-2H3/t21-/m0/s1. The van der Waals surface area contributed by atoms with Crippen LogP contribution in [0.25, 0.3) is 33.4 Å². The predicted molar refractivity (Wildman–Crippen MR) is 141 cm³/mol. The van der Waals surface area contributed by atoms with E-state index in [2.05, 4.69) is 30.9 Å². The van der Waals surface area contributed by atoms with Crippen molar-refractivity contribution < 1.29 is 0 Å². The van der Waals surface area contributed by atoms with Crippen molar-refractivity contribution in [3.05, 3.63) is 87.7 Å². The van der Waals surface area contributed by atoms with E-state index in [0.29, 0.717) is 22.9 Å². The van der Waals surface area contributed by atoms with Gasteiger partial charge in [0, 0.05) is 23.7 Å². The van der Waals surface area contributed by atoms with Crippen molar-refractivity contribution in [2.45, 2.75) is 33.2 Å². The first-order valence-electron chi connectivity index (χ1n) is 12.1. The molecule has 0 spiro atoms. The zero-order valence-electron chi connectivity index (χ0n) is 19.8. The van der Waals surface area contributed by atoms with E-state index in [1.165, 1.54) is 6.42 Å². The fourth-order valence-corrected chi connectivity index (χ4v) is 5.30. The lowest BCUT2D eigenvalue weighted by Crippen LogP contribution is -2.38. The molecule has 1 aliphatic rings. The van der Waals surface area contributed by atoms with Crippen LogP contribution in [0.2, 0.25) is 5.02 Å². The summed E-state index contributed by atoms with van der Waals surface area (Å²) in [6.07, 6.45) is 2.30. The maximum absolute atomic E-state index is 14.2. The molecule has 4 aromatic rings. The maximum Gasteiger partial charge on any atom is 0.262 e. The van der Waals surface area contributed by atoms with Gasteiger partial charge in [-0.25, -0.2) is 4.98 Å². The third-order valence-corrected chi connectivity index (χ3v) is 7.27. The Morgan fingerprint density at radius 1 is 1.00 bits per heavy atom. The van der Waals surface area contributed by atoms with Crippen molar-refractivity contribution in [3.63, 3.8) is 0 Å². The van der Waals surface area contributed by atoms with Crippen molar-refractivity contribution >= 4 is 22.5 Å². The van der Waals surface area contributed by atoms with E-state index >= 15 is 0 Å². The number of hydrogen-bond donors (Lipinski definition) is 0. The molecule has 0 aliphatic carbocycles. The number of aryl methyl sites for hydroxylation is 1. The Hall–Kier alpha value is -2.95. The van der Waals surface area contributed by atoms with Crippen LogP contribution in [0.15, 0.2) is 71.5 Å². The summed E-state index contributed by atoms with van der Waals surface area (Å²) in [5, 5.41) is 1.35. The highest BCUT2D eigenvalue weighted by molar-refractivity contribution is 6.30. The Labute approximate surface area is 205 Å². The van der Waals surface area contributed by atoms with Crippen molar-refractivity contribution in [1.29, 1.82) is 0 Å². The Morgan fingerprint density at radius 3 is 2.53 bits per heavy atom. The molecule has 5 heteroatoms. The number of halogens is 1. The van der Waals surface area contributed by atoms with Crippen LogP contribution in [-0.4, -0.2) is 34.1 Å². The van der Waals surface area contributed by atoms with Gasteiger partial charge in [0.25, 0.3) is 5.56 Å². The van der Waals surface area contributed by atoms with Gasteiger partial charge in [-0.15, -0.1) is 0 Å². The first-order chi connectivity index (χ1) is 16.5. The average Bonchev–Trinajstić information content (AvgIpc) is 2.86. The minimum atomic E-state index is 0.0300. The third-order valence-electron chi connectivity index (χ3n) is 7.02. The molecular weight excluding hydrogens is 442 g/mol. The molecule has 174 valence electrons. The normalized spacial score (nSPS) is 16.7. The van der Waals surface area contributed by atoms with Gasteiger partial charge in [0.15, 0.2) is 0 Å². The molecule has 1 fully saturated rings. The molecule has 0 radical (unpaired) electrons. The number of benzene rings is 3. The number of rotatable bonds is 5. The number of fused-ring (bicyclic) bond motifs is 1. The van der Waals surface area contributed by atoms with Gasteiger partial charge in [0.1, 0.15) is 5.82 Å². The maximum atomic E-state index is 14.2. The first-order valence-corrected chi connectivity index (χ1v) is 12.5. The van der Waals surface area contributed by atoms with Crippen LogP contribution in [0, 0.1) is 12.8 Å². The van der Waals surface area contributed by atoms with E-state index in [1.807, 2.05) is 59.2 Å². The number of likely N-dealkylation sites (tertiary alicyclic amines) is 1. The van der Waals surface area contributed by atoms with Gasteiger partial charge in [-0.1, -0.05) is 67.1 Å². The SMILES string of the molecule is CCN1CCC[C@H](Cn2c(-c3ccccc3C)nc3cccc(-c4ccc(Cl)cc4)c3c2=O)C1. The molecule has 1 aliphatic heterocycles. The summed E-state index contributed by atoms with van der Waals surface area (Å²) in [6, 6.07) is 21.8. The lowest BCUT2D eigenvalue weighted by Gasteiger charge is -2.32. The Balaban J connectivity index is 1.72. The van der Waals surface area contributed by atoms with Crippen LogP contribution in [0.4, 0.5) is 0 Å². The monoisotopic (exact) mass is 471 g/mol. The summed E-state index contributed by atoms with van der Waals surface area (Å²) in [6.45, 7) is 8.18. The highest BCUT2D eigenvalue weighted by Gasteiger charge is 2.23. The van der Waals surface area contributed by atoms with Crippen molar-refractivity contribution in [2.75, 3.05) is 19.6 Å². The minimum Gasteiger partial charge on any atom is -0.303 e. The lowest BCUT2D eigenvalue weighted by molar-refractivity contribution is 0.169. The molecular formula is C29H30ClN3O. The van der Waals surface area contributed by atoms with Gasteiger partial charge < -0.3 is 4.90 Å². The minimum absolute atomic E-state index is 0.0300. The first kappa shape index (κ1) is 22.8. The zero-order valence-corrected chi connectivity index (χ0v) is 20.6. The quantitative estimate of drug-likeness (QED) is 0.337. The topological polar surface area (TPSA) is 38.1 Å². The van der Waals surface area contributed by atoms with Crippen molar-refractivity contribution in [1.82, 2.24) is 14.5 Å². The van der Waals surface area contributed by atoms with Gasteiger partial charge in [0.05, 0.1) is 10.9 Å². The molecule has 3 aromatic carbocycles. The molecule has 5 rings (SSSR count). The summed E-state index contributed by atoms with van der Waals surface area (Å²) in [4.78, 5) is 21.8. The average molecular weight is 472 g/mol. The van der Waals surface area contributed by atoms with Gasteiger partial charge >= 0.3 is 0 Å². The summed E-state index contributed by atoms with van der Waals surface area (Å²) in [5.41, 5.74) is 4.76. The summed E-state index contributed by atoms with van der Waals surface area (Å²) in [7, 11) is 0. The molecule has 2 heterocycles. The van der Waals surface area contributed by atoms with E-state index in [0.717, 1.165) is 59.7 Å². The molecule has 0 saturated carbocycles. The Kier molecular flexibility index (Phi) is 6.53. The smallest absolute Gasteiger partial charge is 0.262 e. The Bertz CT molecular complexity index is 1380. The van der Waals surface area contributed by atoms with Crippen LogP contribution in [0.1, 0.15) is 25.3 Å². The summed E-state index contributed by atoms with van der Waals surface area (Å²) >= 11 is 6.13. The molecule has 34 heavy (non-hydrogen) atoms. The lowest BCUT2D eigenvalue weighted by atomic mass is 9.97. The second-order valence-electron chi connectivity index (χ2n) is 9.27. The van der Waals surface area contributed by atoms with E-state index in [1.54, 1.807) is 0 Å².